The summed E-state index contributed by atoms with van der Waals surface area (Å²) in [6.07, 6.45) is 1.42. The number of benzene rings is 2. The number of rotatable bonds is 10. The standard InChI is InChI=1S/C24H32ClN3O4S/c1-6-22(24(30)26-17(2)3)27(15-19-10-8-7-9-11-19)23(29)16-28(33(5,31)32)20-13-12-18(4)21(25)14-20/h7-14,17,22H,6,15-16H2,1-5H3,(H,26,30)/t22-/m1/s1. The maximum Gasteiger partial charge on any atom is 0.244 e. The number of sulfonamides is 1. The SMILES string of the molecule is CC[C@H](C(=O)NC(C)C)N(Cc1ccccc1)C(=O)CN(c1ccc(C)c(Cl)c1)S(C)(=O)=O. The van der Waals surface area contributed by atoms with Crippen LogP contribution in [-0.2, 0) is 26.2 Å². The predicted octanol–water partition coefficient (Wildman–Crippen LogP) is 3.75. The van der Waals surface area contributed by atoms with E-state index >= 15 is 0 Å². The summed E-state index contributed by atoms with van der Waals surface area (Å²) in [5.41, 5.74) is 1.93. The minimum atomic E-state index is -3.79. The normalized spacial score (nSPS) is 12.3. The van der Waals surface area contributed by atoms with Crippen molar-refractivity contribution in [3.05, 3.63) is 64.7 Å². The van der Waals surface area contributed by atoms with Gasteiger partial charge in [-0.05, 0) is 50.5 Å². The van der Waals surface area contributed by atoms with E-state index in [9.17, 15) is 18.0 Å². The fraction of sp³-hybridized carbons (Fsp3) is 0.417. The van der Waals surface area contributed by atoms with E-state index < -0.39 is 28.5 Å². The average Bonchev–Trinajstić information content (AvgIpc) is 2.73. The summed E-state index contributed by atoms with van der Waals surface area (Å²) >= 11 is 6.21. The molecule has 0 bridgehead atoms. The smallest absolute Gasteiger partial charge is 0.244 e. The molecule has 180 valence electrons. The zero-order valence-electron chi connectivity index (χ0n) is 19.7. The molecule has 2 aromatic rings. The fourth-order valence-corrected chi connectivity index (χ4v) is 4.45. The molecule has 9 heteroatoms. The predicted molar refractivity (Wildman–Crippen MR) is 133 cm³/mol. The molecule has 1 atom stereocenters. The van der Waals surface area contributed by atoms with Crippen molar-refractivity contribution in [2.45, 2.75) is 52.7 Å². The van der Waals surface area contributed by atoms with Gasteiger partial charge in [0.05, 0.1) is 11.9 Å². The molecule has 0 unspecified atom stereocenters. The van der Waals surface area contributed by atoms with Gasteiger partial charge in [0.25, 0.3) is 0 Å². The van der Waals surface area contributed by atoms with Crippen LogP contribution in [0.25, 0.3) is 0 Å². The molecule has 0 radical (unpaired) electrons. The highest BCUT2D eigenvalue weighted by atomic mass is 35.5. The zero-order chi connectivity index (χ0) is 24.8. The van der Waals surface area contributed by atoms with E-state index in [1.54, 1.807) is 12.1 Å². The summed E-state index contributed by atoms with van der Waals surface area (Å²) in [4.78, 5) is 27.9. The van der Waals surface area contributed by atoms with Crippen LogP contribution in [0.1, 0.15) is 38.3 Å². The third-order valence-corrected chi connectivity index (χ3v) is 6.68. The first kappa shape index (κ1) is 26.7. The lowest BCUT2D eigenvalue weighted by Crippen LogP contribution is -2.53. The number of nitrogens with one attached hydrogen (secondary N) is 1. The van der Waals surface area contributed by atoms with Crippen molar-refractivity contribution in [3.8, 4) is 0 Å². The highest BCUT2D eigenvalue weighted by Gasteiger charge is 2.32. The van der Waals surface area contributed by atoms with Crippen molar-refractivity contribution in [2.75, 3.05) is 17.1 Å². The van der Waals surface area contributed by atoms with Gasteiger partial charge in [0.1, 0.15) is 12.6 Å². The molecule has 33 heavy (non-hydrogen) atoms. The lowest BCUT2D eigenvalue weighted by Gasteiger charge is -2.33. The molecule has 2 aromatic carbocycles. The summed E-state index contributed by atoms with van der Waals surface area (Å²) < 4.78 is 26.2. The molecule has 0 fully saturated rings. The van der Waals surface area contributed by atoms with Crippen molar-refractivity contribution >= 4 is 39.1 Å². The van der Waals surface area contributed by atoms with Crippen LogP contribution in [0.2, 0.25) is 5.02 Å². The Hall–Kier alpha value is -2.58. The van der Waals surface area contributed by atoms with Gasteiger partial charge in [0.15, 0.2) is 0 Å². The molecule has 0 aliphatic carbocycles. The molecule has 0 aromatic heterocycles. The Labute approximate surface area is 201 Å². The number of amides is 2. The first-order valence-electron chi connectivity index (χ1n) is 10.8. The van der Waals surface area contributed by atoms with E-state index in [4.69, 9.17) is 11.6 Å². The van der Waals surface area contributed by atoms with Crippen molar-refractivity contribution in [1.82, 2.24) is 10.2 Å². The monoisotopic (exact) mass is 493 g/mol. The van der Waals surface area contributed by atoms with Gasteiger partial charge < -0.3 is 10.2 Å². The number of nitrogens with zero attached hydrogens (tertiary/aromatic N) is 2. The molecule has 0 aliphatic rings. The fourth-order valence-electron chi connectivity index (χ4n) is 3.43. The van der Waals surface area contributed by atoms with Crippen molar-refractivity contribution in [1.29, 1.82) is 0 Å². The topological polar surface area (TPSA) is 86.8 Å². The van der Waals surface area contributed by atoms with E-state index in [0.29, 0.717) is 17.1 Å². The number of hydrogen-bond acceptors (Lipinski definition) is 4. The summed E-state index contributed by atoms with van der Waals surface area (Å²) in [7, 11) is -3.79. The average molecular weight is 494 g/mol. The first-order valence-corrected chi connectivity index (χ1v) is 13.0. The Balaban J connectivity index is 2.43. The van der Waals surface area contributed by atoms with Gasteiger partial charge in [-0.3, -0.25) is 13.9 Å². The molecule has 0 spiro atoms. The molecular weight excluding hydrogens is 462 g/mol. The highest BCUT2D eigenvalue weighted by molar-refractivity contribution is 7.92. The van der Waals surface area contributed by atoms with Crippen LogP contribution in [0.3, 0.4) is 0 Å². The van der Waals surface area contributed by atoms with Crippen molar-refractivity contribution < 1.29 is 18.0 Å². The number of aryl methyl sites for hydroxylation is 1. The Morgan fingerprint density at radius 1 is 1.09 bits per heavy atom. The van der Waals surface area contributed by atoms with E-state index in [1.807, 2.05) is 58.0 Å². The number of anilines is 1. The van der Waals surface area contributed by atoms with E-state index in [0.717, 1.165) is 21.7 Å². The second kappa shape index (κ2) is 11.5. The van der Waals surface area contributed by atoms with Gasteiger partial charge in [-0.25, -0.2) is 8.42 Å². The first-order chi connectivity index (χ1) is 15.4. The summed E-state index contributed by atoms with van der Waals surface area (Å²) in [6, 6.07) is 13.3. The number of carbonyl (C=O) groups excluding carboxylic acids is 2. The van der Waals surface area contributed by atoms with Crippen LogP contribution in [0.5, 0.6) is 0 Å². The largest absolute Gasteiger partial charge is 0.352 e. The molecule has 1 N–H and O–H groups in total. The Morgan fingerprint density at radius 2 is 1.73 bits per heavy atom. The van der Waals surface area contributed by atoms with Crippen molar-refractivity contribution in [2.24, 2.45) is 0 Å². The summed E-state index contributed by atoms with van der Waals surface area (Å²) in [6.45, 7) is 7.06. The maximum atomic E-state index is 13.5. The molecule has 7 nitrogen and oxygen atoms in total. The second-order valence-electron chi connectivity index (χ2n) is 8.30. The maximum absolute atomic E-state index is 13.5. The number of halogens is 1. The third kappa shape index (κ3) is 7.47. The van der Waals surface area contributed by atoms with Gasteiger partial charge in [-0.15, -0.1) is 0 Å². The van der Waals surface area contributed by atoms with Gasteiger partial charge in [0, 0.05) is 17.6 Å². The molecule has 2 amide bonds. The Kier molecular flexibility index (Phi) is 9.31. The molecule has 0 saturated carbocycles. The van der Waals surface area contributed by atoms with Crippen LogP contribution < -0.4 is 9.62 Å². The minimum absolute atomic E-state index is 0.0950. The summed E-state index contributed by atoms with van der Waals surface area (Å²) in [5, 5.41) is 3.26. The lowest BCUT2D eigenvalue weighted by molar-refractivity contribution is -0.140. The van der Waals surface area contributed by atoms with E-state index in [1.165, 1.54) is 11.0 Å². The lowest BCUT2D eigenvalue weighted by atomic mass is 10.1. The number of carbonyl (C=O) groups is 2. The summed E-state index contributed by atoms with van der Waals surface area (Å²) in [5.74, 6) is -0.757. The minimum Gasteiger partial charge on any atom is -0.352 e. The quantitative estimate of drug-likeness (QED) is 0.546. The zero-order valence-corrected chi connectivity index (χ0v) is 21.3. The van der Waals surface area contributed by atoms with Gasteiger partial charge in [0.2, 0.25) is 21.8 Å². The van der Waals surface area contributed by atoms with Gasteiger partial charge >= 0.3 is 0 Å². The molecule has 0 aliphatic heterocycles. The second-order valence-corrected chi connectivity index (χ2v) is 10.6. The van der Waals surface area contributed by atoms with Gasteiger partial charge in [-0.1, -0.05) is 54.9 Å². The van der Waals surface area contributed by atoms with Crippen LogP contribution in [0, 0.1) is 6.92 Å². The molecule has 2 rings (SSSR count). The molecular formula is C24H32ClN3O4S. The third-order valence-electron chi connectivity index (χ3n) is 5.14. The Bertz CT molecular complexity index is 1070. The molecule has 0 saturated heterocycles. The van der Waals surface area contributed by atoms with Crippen LogP contribution >= 0.6 is 11.6 Å². The number of hydrogen-bond donors (Lipinski definition) is 1. The molecule has 0 heterocycles. The van der Waals surface area contributed by atoms with Crippen LogP contribution in [0.15, 0.2) is 48.5 Å². The van der Waals surface area contributed by atoms with Crippen LogP contribution in [0.4, 0.5) is 5.69 Å². The van der Waals surface area contributed by atoms with Crippen molar-refractivity contribution in [3.63, 3.8) is 0 Å². The van der Waals surface area contributed by atoms with E-state index in [2.05, 4.69) is 5.32 Å². The van der Waals surface area contributed by atoms with Crippen LogP contribution in [-0.4, -0.2) is 50.0 Å². The van der Waals surface area contributed by atoms with Gasteiger partial charge in [-0.2, -0.15) is 0 Å². The van der Waals surface area contributed by atoms with E-state index in [-0.39, 0.29) is 18.5 Å². The Morgan fingerprint density at radius 3 is 2.24 bits per heavy atom. The highest BCUT2D eigenvalue weighted by Crippen LogP contribution is 2.25.